The zero-order chi connectivity index (χ0) is 14.0. The van der Waals surface area contributed by atoms with Crippen molar-refractivity contribution in [2.75, 3.05) is 0 Å². The number of benzene rings is 1. The third-order valence-electron chi connectivity index (χ3n) is 2.71. The molecule has 1 aromatic heterocycles. The summed E-state index contributed by atoms with van der Waals surface area (Å²) in [4.78, 5) is 3.90. The maximum Gasteiger partial charge on any atom is 0.256 e. The Balaban J connectivity index is 2.42. The van der Waals surface area contributed by atoms with E-state index in [0.29, 0.717) is 16.3 Å². The fourth-order valence-corrected chi connectivity index (χ4v) is 2.33. The summed E-state index contributed by atoms with van der Waals surface area (Å²) in [5.41, 5.74) is 2.00. The van der Waals surface area contributed by atoms with E-state index in [9.17, 15) is 4.39 Å². The molecule has 1 aromatic carbocycles. The van der Waals surface area contributed by atoms with Crippen molar-refractivity contribution in [2.45, 2.75) is 19.7 Å². The topological polar surface area (TPSA) is 22.1 Å². The maximum atomic E-state index is 14.0. The van der Waals surface area contributed by atoms with Crippen LogP contribution in [0.1, 0.15) is 16.7 Å². The summed E-state index contributed by atoms with van der Waals surface area (Å²) in [6.45, 7) is 3.69. The lowest BCUT2D eigenvalue weighted by molar-refractivity contribution is 0.415. The average Bonchev–Trinajstić information content (AvgIpc) is 2.35. The van der Waals surface area contributed by atoms with E-state index in [0.717, 1.165) is 11.1 Å². The Morgan fingerprint density at radius 2 is 1.89 bits per heavy atom. The van der Waals surface area contributed by atoms with Crippen LogP contribution in [0, 0.1) is 19.7 Å². The maximum absolute atomic E-state index is 14.0. The first-order valence-corrected chi connectivity index (χ1v) is 6.58. The van der Waals surface area contributed by atoms with Crippen molar-refractivity contribution in [2.24, 2.45) is 0 Å². The third kappa shape index (κ3) is 2.99. The summed E-state index contributed by atoms with van der Waals surface area (Å²) < 4.78 is 19.6. The molecule has 100 valence electrons. The van der Waals surface area contributed by atoms with Gasteiger partial charge in [-0.2, -0.15) is 0 Å². The molecule has 0 saturated carbocycles. The van der Waals surface area contributed by atoms with Crippen LogP contribution >= 0.6 is 23.2 Å². The Hall–Kier alpha value is -1.32. The van der Waals surface area contributed by atoms with Crippen LogP contribution in [0.15, 0.2) is 24.4 Å². The van der Waals surface area contributed by atoms with Gasteiger partial charge in [-0.25, -0.2) is 9.37 Å². The molecule has 0 saturated heterocycles. The van der Waals surface area contributed by atoms with Gasteiger partial charge in [-0.05, 0) is 43.2 Å². The number of hydrogen-bond donors (Lipinski definition) is 0. The lowest BCUT2D eigenvalue weighted by Gasteiger charge is -2.12. The Bertz CT molecular complexity index is 593. The molecule has 0 fully saturated rings. The molecule has 0 atom stereocenters. The predicted molar refractivity (Wildman–Crippen MR) is 74.8 cm³/mol. The lowest BCUT2D eigenvalue weighted by atomic mass is 10.1. The second-order valence-electron chi connectivity index (χ2n) is 4.19. The van der Waals surface area contributed by atoms with Gasteiger partial charge in [0.05, 0.1) is 5.88 Å². The summed E-state index contributed by atoms with van der Waals surface area (Å²) in [6.07, 6.45) is 1.47. The van der Waals surface area contributed by atoms with Crippen LogP contribution in [0.2, 0.25) is 5.02 Å². The summed E-state index contributed by atoms with van der Waals surface area (Å²) in [7, 11) is 0. The van der Waals surface area contributed by atoms with Gasteiger partial charge >= 0.3 is 0 Å². The van der Waals surface area contributed by atoms with Crippen LogP contribution in [0.3, 0.4) is 0 Å². The smallest absolute Gasteiger partial charge is 0.256 e. The fraction of sp³-hybridized carbons (Fsp3) is 0.214. The number of rotatable bonds is 3. The number of aromatic nitrogens is 1. The Labute approximate surface area is 121 Å². The normalized spacial score (nSPS) is 10.6. The number of halogens is 3. The van der Waals surface area contributed by atoms with Crippen LogP contribution in [0.25, 0.3) is 0 Å². The predicted octanol–water partition coefficient (Wildman–Crippen LogP) is 5.02. The Kier molecular flexibility index (Phi) is 4.27. The highest BCUT2D eigenvalue weighted by atomic mass is 35.5. The molecule has 2 rings (SSSR count). The molecule has 2 aromatic rings. The summed E-state index contributed by atoms with van der Waals surface area (Å²) in [5, 5.41) is 0.616. The largest absolute Gasteiger partial charge is 0.436 e. The highest BCUT2D eigenvalue weighted by Gasteiger charge is 2.14. The minimum Gasteiger partial charge on any atom is -0.436 e. The summed E-state index contributed by atoms with van der Waals surface area (Å²) in [6, 6.07) is 5.04. The monoisotopic (exact) mass is 299 g/mol. The fourth-order valence-electron chi connectivity index (χ4n) is 1.79. The average molecular weight is 300 g/mol. The Morgan fingerprint density at radius 3 is 2.47 bits per heavy atom. The quantitative estimate of drug-likeness (QED) is 0.742. The lowest BCUT2D eigenvalue weighted by Crippen LogP contribution is -1.98. The first-order chi connectivity index (χ1) is 9.02. The number of aryl methyl sites for hydroxylation is 2. The molecule has 2 nitrogen and oxygen atoms in total. The molecular weight excluding hydrogens is 288 g/mol. The van der Waals surface area contributed by atoms with Gasteiger partial charge in [0.15, 0.2) is 5.82 Å². The Morgan fingerprint density at radius 1 is 1.26 bits per heavy atom. The summed E-state index contributed by atoms with van der Waals surface area (Å²) in [5.74, 6) is 0.0176. The molecule has 0 aliphatic heterocycles. The van der Waals surface area contributed by atoms with E-state index < -0.39 is 5.82 Å². The SMILES string of the molecule is Cc1cc(Cl)cc(C)c1Oc1nccc(CCl)c1F. The van der Waals surface area contributed by atoms with Gasteiger partial charge in [0.2, 0.25) is 0 Å². The van der Waals surface area contributed by atoms with Crippen LogP contribution in [0.4, 0.5) is 4.39 Å². The second kappa shape index (κ2) is 5.76. The molecule has 0 aliphatic carbocycles. The van der Waals surface area contributed by atoms with E-state index in [1.165, 1.54) is 12.3 Å². The van der Waals surface area contributed by atoms with Crippen molar-refractivity contribution >= 4 is 23.2 Å². The number of pyridine rings is 1. The molecule has 1 heterocycles. The molecule has 0 N–H and O–H groups in total. The van der Waals surface area contributed by atoms with E-state index in [-0.39, 0.29) is 11.8 Å². The van der Waals surface area contributed by atoms with Gasteiger partial charge < -0.3 is 4.74 Å². The molecule has 0 radical (unpaired) electrons. The van der Waals surface area contributed by atoms with E-state index in [2.05, 4.69) is 4.98 Å². The highest BCUT2D eigenvalue weighted by Crippen LogP contribution is 2.32. The van der Waals surface area contributed by atoms with Gasteiger partial charge in [0.1, 0.15) is 5.75 Å². The zero-order valence-electron chi connectivity index (χ0n) is 10.5. The molecule has 0 aliphatic rings. The van der Waals surface area contributed by atoms with Crippen molar-refractivity contribution in [1.29, 1.82) is 0 Å². The minimum absolute atomic E-state index is 0.0727. The molecule has 0 bridgehead atoms. The molecule has 0 spiro atoms. The standard InChI is InChI=1S/C14H12Cl2FNO/c1-8-5-11(16)6-9(2)13(8)19-14-12(17)10(7-15)3-4-18-14/h3-6H,7H2,1-2H3. The van der Waals surface area contributed by atoms with E-state index in [1.54, 1.807) is 12.1 Å². The number of alkyl halides is 1. The van der Waals surface area contributed by atoms with Gasteiger partial charge in [0.25, 0.3) is 5.88 Å². The number of nitrogens with zero attached hydrogens (tertiary/aromatic N) is 1. The first kappa shape index (κ1) is 14.1. The van der Waals surface area contributed by atoms with Gasteiger partial charge in [0, 0.05) is 16.8 Å². The van der Waals surface area contributed by atoms with Crippen molar-refractivity contribution in [3.8, 4) is 11.6 Å². The molecule has 19 heavy (non-hydrogen) atoms. The van der Waals surface area contributed by atoms with Crippen molar-refractivity contribution in [1.82, 2.24) is 4.98 Å². The van der Waals surface area contributed by atoms with Gasteiger partial charge in [-0.15, -0.1) is 11.6 Å². The van der Waals surface area contributed by atoms with Crippen molar-refractivity contribution < 1.29 is 9.13 Å². The van der Waals surface area contributed by atoms with Gasteiger partial charge in [-0.1, -0.05) is 11.6 Å². The van der Waals surface area contributed by atoms with Crippen molar-refractivity contribution in [3.05, 3.63) is 51.9 Å². The van der Waals surface area contributed by atoms with Crippen LogP contribution < -0.4 is 4.74 Å². The van der Waals surface area contributed by atoms with Gasteiger partial charge in [-0.3, -0.25) is 0 Å². The first-order valence-electron chi connectivity index (χ1n) is 5.67. The van der Waals surface area contributed by atoms with E-state index in [1.807, 2.05) is 13.8 Å². The third-order valence-corrected chi connectivity index (χ3v) is 3.21. The number of ether oxygens (including phenoxy) is 1. The van der Waals surface area contributed by atoms with Crippen molar-refractivity contribution in [3.63, 3.8) is 0 Å². The summed E-state index contributed by atoms with van der Waals surface area (Å²) >= 11 is 11.6. The van der Waals surface area contributed by atoms with Crippen LogP contribution in [0.5, 0.6) is 11.6 Å². The molecule has 0 unspecified atom stereocenters. The molecule has 5 heteroatoms. The number of hydrogen-bond acceptors (Lipinski definition) is 2. The highest BCUT2D eigenvalue weighted by molar-refractivity contribution is 6.30. The zero-order valence-corrected chi connectivity index (χ0v) is 12.0. The van der Waals surface area contributed by atoms with Crippen LogP contribution in [-0.2, 0) is 5.88 Å². The second-order valence-corrected chi connectivity index (χ2v) is 4.90. The van der Waals surface area contributed by atoms with E-state index in [4.69, 9.17) is 27.9 Å². The van der Waals surface area contributed by atoms with E-state index >= 15 is 0 Å². The molecule has 0 amide bonds. The van der Waals surface area contributed by atoms with Crippen LogP contribution in [-0.4, -0.2) is 4.98 Å². The minimum atomic E-state index is -0.536. The molecular formula is C14H12Cl2FNO.